The van der Waals surface area contributed by atoms with Gasteiger partial charge in [0.1, 0.15) is 0 Å². The topological polar surface area (TPSA) is 49.9 Å². The third kappa shape index (κ3) is 1.21. The van der Waals surface area contributed by atoms with Crippen LogP contribution in [0.25, 0.3) is 0 Å². The van der Waals surface area contributed by atoms with E-state index in [2.05, 4.69) is 4.98 Å². The van der Waals surface area contributed by atoms with E-state index in [1.165, 1.54) is 0 Å². The minimum Gasteiger partial charge on any atom is -0.355 e. The molecule has 0 unspecified atom stereocenters. The standard InChI is InChI=1S/C13H15NO2/c1-5-9-8(4)10-11(14-9)13(16)7(3)6(2)12(10)15/h14H,5H2,1-4H3. The van der Waals surface area contributed by atoms with Crippen molar-refractivity contribution in [2.45, 2.75) is 34.1 Å². The number of nitrogens with one attached hydrogen (secondary N) is 1. The Balaban J connectivity index is 2.73. The summed E-state index contributed by atoms with van der Waals surface area (Å²) in [6.07, 6.45) is 0.803. The molecule has 1 heterocycles. The van der Waals surface area contributed by atoms with Crippen molar-refractivity contribution < 1.29 is 9.59 Å². The molecule has 0 fully saturated rings. The second-order valence-electron chi connectivity index (χ2n) is 4.24. The van der Waals surface area contributed by atoms with E-state index in [0.29, 0.717) is 22.4 Å². The average Bonchev–Trinajstić information content (AvgIpc) is 2.61. The zero-order valence-corrected chi connectivity index (χ0v) is 10.0. The van der Waals surface area contributed by atoms with E-state index in [4.69, 9.17) is 0 Å². The van der Waals surface area contributed by atoms with Gasteiger partial charge in [-0.1, -0.05) is 6.92 Å². The molecule has 0 aromatic carbocycles. The van der Waals surface area contributed by atoms with Gasteiger partial charge in [0, 0.05) is 16.8 Å². The fraction of sp³-hybridized carbons (Fsp3) is 0.385. The minimum absolute atomic E-state index is 0.0134. The lowest BCUT2D eigenvalue weighted by atomic mass is 9.88. The summed E-state index contributed by atoms with van der Waals surface area (Å²) in [5.74, 6) is -0.0598. The van der Waals surface area contributed by atoms with Crippen molar-refractivity contribution in [2.24, 2.45) is 0 Å². The first-order valence-corrected chi connectivity index (χ1v) is 5.47. The van der Waals surface area contributed by atoms with Gasteiger partial charge in [-0.25, -0.2) is 0 Å². The number of aromatic nitrogens is 1. The fourth-order valence-corrected chi connectivity index (χ4v) is 2.17. The number of Topliss-reactive ketones (excluding diaryl/α,β-unsaturated/α-hetero) is 2. The molecule has 1 N–H and O–H groups in total. The van der Waals surface area contributed by atoms with E-state index in [0.717, 1.165) is 17.7 Å². The normalized spacial score (nSPS) is 15.8. The molecule has 0 atom stereocenters. The zero-order valence-electron chi connectivity index (χ0n) is 10.0. The maximum absolute atomic E-state index is 12.1. The van der Waals surface area contributed by atoms with E-state index < -0.39 is 0 Å². The largest absolute Gasteiger partial charge is 0.355 e. The van der Waals surface area contributed by atoms with Crippen LogP contribution in [0.4, 0.5) is 0 Å². The van der Waals surface area contributed by atoms with Gasteiger partial charge in [0.25, 0.3) is 0 Å². The first kappa shape index (κ1) is 10.9. The third-order valence-corrected chi connectivity index (χ3v) is 3.40. The Kier molecular flexibility index (Phi) is 2.34. The van der Waals surface area contributed by atoms with Gasteiger partial charge in [0.15, 0.2) is 5.78 Å². The first-order chi connectivity index (χ1) is 7.49. The highest BCUT2D eigenvalue weighted by atomic mass is 16.1. The molecule has 0 spiro atoms. The van der Waals surface area contributed by atoms with Gasteiger partial charge in [-0.15, -0.1) is 0 Å². The van der Waals surface area contributed by atoms with Crippen molar-refractivity contribution in [3.8, 4) is 0 Å². The van der Waals surface area contributed by atoms with Gasteiger partial charge in [0.05, 0.1) is 11.3 Å². The number of carbonyl (C=O) groups excluding carboxylic acids is 2. The summed E-state index contributed by atoms with van der Waals surface area (Å²) in [5, 5.41) is 0. The van der Waals surface area contributed by atoms with Crippen molar-refractivity contribution in [2.75, 3.05) is 0 Å². The Morgan fingerprint density at radius 2 is 1.56 bits per heavy atom. The van der Waals surface area contributed by atoms with E-state index >= 15 is 0 Å². The van der Waals surface area contributed by atoms with Crippen LogP contribution in [0, 0.1) is 6.92 Å². The summed E-state index contributed by atoms with van der Waals surface area (Å²) < 4.78 is 0. The first-order valence-electron chi connectivity index (χ1n) is 5.47. The monoisotopic (exact) mass is 217 g/mol. The number of H-pyrrole nitrogens is 1. The molecule has 0 saturated heterocycles. The van der Waals surface area contributed by atoms with Crippen molar-refractivity contribution >= 4 is 11.6 Å². The molecule has 3 heteroatoms. The van der Waals surface area contributed by atoms with E-state index in [9.17, 15) is 9.59 Å². The van der Waals surface area contributed by atoms with Crippen LogP contribution >= 0.6 is 0 Å². The van der Waals surface area contributed by atoms with E-state index in [1.54, 1.807) is 13.8 Å². The van der Waals surface area contributed by atoms with Crippen LogP contribution in [0.1, 0.15) is 52.9 Å². The van der Waals surface area contributed by atoms with Crippen LogP contribution in [-0.4, -0.2) is 16.6 Å². The second kappa shape index (κ2) is 3.44. The molecular formula is C13H15NO2. The molecule has 1 aliphatic rings. The van der Waals surface area contributed by atoms with Gasteiger partial charge in [0.2, 0.25) is 5.78 Å². The van der Waals surface area contributed by atoms with Gasteiger partial charge in [-0.05, 0) is 32.8 Å². The number of hydrogen-bond donors (Lipinski definition) is 1. The molecule has 0 saturated carbocycles. The summed E-state index contributed by atoms with van der Waals surface area (Å²) in [7, 11) is 0. The molecule has 0 radical (unpaired) electrons. The molecular weight excluding hydrogens is 202 g/mol. The van der Waals surface area contributed by atoms with Crippen LogP contribution in [0.3, 0.4) is 0 Å². The predicted octanol–water partition coefficient (Wildman–Crippen LogP) is 2.60. The third-order valence-electron chi connectivity index (χ3n) is 3.40. The summed E-state index contributed by atoms with van der Waals surface area (Å²) in [4.78, 5) is 27.2. The smallest absolute Gasteiger partial charge is 0.206 e. The molecule has 0 bridgehead atoms. The number of carbonyl (C=O) groups is 2. The van der Waals surface area contributed by atoms with Crippen molar-refractivity contribution in [3.05, 3.63) is 33.7 Å². The van der Waals surface area contributed by atoms with Crippen LogP contribution in [0.15, 0.2) is 11.1 Å². The van der Waals surface area contributed by atoms with Gasteiger partial charge in [-0.3, -0.25) is 9.59 Å². The van der Waals surface area contributed by atoms with Crippen LogP contribution in [-0.2, 0) is 6.42 Å². The maximum Gasteiger partial charge on any atom is 0.206 e. The fourth-order valence-electron chi connectivity index (χ4n) is 2.17. The Labute approximate surface area is 94.6 Å². The Hall–Kier alpha value is -1.64. The number of fused-ring (bicyclic) bond motifs is 1. The molecule has 84 valence electrons. The molecule has 16 heavy (non-hydrogen) atoms. The molecule has 2 rings (SSSR count). The molecule has 0 amide bonds. The Bertz CT molecular complexity index is 532. The zero-order chi connectivity index (χ0) is 12.0. The van der Waals surface area contributed by atoms with Crippen molar-refractivity contribution in [3.63, 3.8) is 0 Å². The highest BCUT2D eigenvalue weighted by Gasteiger charge is 2.31. The molecule has 1 aromatic heterocycles. The second-order valence-corrected chi connectivity index (χ2v) is 4.24. The van der Waals surface area contributed by atoms with Gasteiger partial charge < -0.3 is 4.98 Å². The summed E-state index contributed by atoms with van der Waals surface area (Å²) in [6, 6.07) is 0. The quantitative estimate of drug-likeness (QED) is 0.786. The maximum atomic E-state index is 12.1. The number of allylic oxidation sites excluding steroid dienone is 2. The number of aromatic amines is 1. The SMILES string of the molecule is CCc1[nH]c2c(c1C)C(=O)C(C)=C(C)C2=O. The molecule has 3 nitrogen and oxygen atoms in total. The van der Waals surface area contributed by atoms with Crippen LogP contribution < -0.4 is 0 Å². The lowest BCUT2D eigenvalue weighted by molar-refractivity contribution is 0.0972. The summed E-state index contributed by atoms with van der Waals surface area (Å²) >= 11 is 0. The Morgan fingerprint density at radius 1 is 1.00 bits per heavy atom. The number of ketones is 2. The molecule has 1 aromatic rings. The van der Waals surface area contributed by atoms with Gasteiger partial charge in [-0.2, -0.15) is 0 Å². The number of aryl methyl sites for hydroxylation is 1. The highest BCUT2D eigenvalue weighted by molar-refractivity contribution is 6.26. The van der Waals surface area contributed by atoms with E-state index in [1.807, 2.05) is 13.8 Å². The Morgan fingerprint density at radius 3 is 2.12 bits per heavy atom. The molecule has 0 aliphatic heterocycles. The highest BCUT2D eigenvalue weighted by Crippen LogP contribution is 2.29. The van der Waals surface area contributed by atoms with E-state index in [-0.39, 0.29) is 11.6 Å². The summed E-state index contributed by atoms with van der Waals surface area (Å²) in [5.41, 5.74) is 4.08. The number of hydrogen-bond acceptors (Lipinski definition) is 2. The average molecular weight is 217 g/mol. The van der Waals surface area contributed by atoms with Crippen LogP contribution in [0.2, 0.25) is 0 Å². The molecule has 1 aliphatic carbocycles. The van der Waals surface area contributed by atoms with Crippen molar-refractivity contribution in [1.82, 2.24) is 4.98 Å². The lowest BCUT2D eigenvalue weighted by Gasteiger charge is -2.13. The summed E-state index contributed by atoms with van der Waals surface area (Å²) in [6.45, 7) is 7.33. The van der Waals surface area contributed by atoms with Crippen LogP contribution in [0.5, 0.6) is 0 Å². The number of rotatable bonds is 1. The predicted molar refractivity (Wildman–Crippen MR) is 61.9 cm³/mol. The lowest BCUT2D eigenvalue weighted by Crippen LogP contribution is -2.19. The van der Waals surface area contributed by atoms with Crippen molar-refractivity contribution in [1.29, 1.82) is 0 Å². The van der Waals surface area contributed by atoms with Gasteiger partial charge >= 0.3 is 0 Å². The minimum atomic E-state index is -0.0464.